The smallest absolute Gasteiger partial charge is 0.225 e. The second-order valence-corrected chi connectivity index (χ2v) is 14.8. The maximum atomic E-state index is 11.6. The molecule has 10 atom stereocenters. The van der Waals surface area contributed by atoms with Crippen molar-refractivity contribution in [2.24, 2.45) is 0 Å². The first kappa shape index (κ1) is 42.3. The summed E-state index contributed by atoms with van der Waals surface area (Å²) in [5.41, 5.74) is 3.82. The summed E-state index contributed by atoms with van der Waals surface area (Å²) in [5.74, 6) is -0.798. The van der Waals surface area contributed by atoms with Crippen molar-refractivity contribution in [3.8, 4) is 11.5 Å². The topological polar surface area (TPSA) is 188 Å². The highest BCUT2D eigenvalue weighted by molar-refractivity contribution is 6.31. The van der Waals surface area contributed by atoms with Crippen LogP contribution in [-0.2, 0) is 32.8 Å². The molecule has 0 spiro atoms. The van der Waals surface area contributed by atoms with Gasteiger partial charge in [0.25, 0.3) is 0 Å². The van der Waals surface area contributed by atoms with Gasteiger partial charge in [0.05, 0.1) is 26.4 Å². The molecule has 2 unspecified atom stereocenters. The first-order valence-corrected chi connectivity index (χ1v) is 19.3. The quantitative estimate of drug-likeness (QED) is 0.0977. The summed E-state index contributed by atoms with van der Waals surface area (Å²) in [4.78, 5) is 0. The van der Waals surface area contributed by atoms with Crippen molar-refractivity contribution < 1.29 is 59.4 Å². The number of benzene rings is 4. The molecule has 12 nitrogen and oxygen atoms in total. The zero-order chi connectivity index (χ0) is 40.1. The number of hydrogen-bond donors (Lipinski definition) is 7. The Hall–Kier alpha value is -3.34. The molecule has 0 aromatic heterocycles. The molecule has 2 fully saturated rings. The van der Waals surface area contributed by atoms with E-state index in [-0.39, 0.29) is 5.56 Å². The number of aliphatic hydroxyl groups is 7. The van der Waals surface area contributed by atoms with Gasteiger partial charge < -0.3 is 59.4 Å². The van der Waals surface area contributed by atoms with Gasteiger partial charge >= 0.3 is 0 Å². The number of rotatable bonds is 14. The molecule has 0 aliphatic carbocycles. The van der Waals surface area contributed by atoms with Gasteiger partial charge in [-0.1, -0.05) is 65.7 Å². The molecule has 2 aliphatic heterocycles. The average molecular weight is 816 g/mol. The third-order valence-corrected chi connectivity index (χ3v) is 11.0. The van der Waals surface area contributed by atoms with E-state index in [2.05, 4.69) is 0 Å². The van der Waals surface area contributed by atoms with Gasteiger partial charge in [0, 0.05) is 15.6 Å². The molecule has 56 heavy (non-hydrogen) atoms. The highest BCUT2D eigenvalue weighted by Gasteiger charge is 2.56. The van der Waals surface area contributed by atoms with E-state index >= 15 is 0 Å². The molecule has 0 bridgehead atoms. The fraction of sp³-hybridized carbons (Fsp3) is 0.429. The first-order valence-electron chi connectivity index (χ1n) is 18.6. The van der Waals surface area contributed by atoms with Crippen molar-refractivity contribution in [1.82, 2.24) is 0 Å². The molecule has 2 aliphatic rings. The number of halogens is 2. The van der Waals surface area contributed by atoms with Gasteiger partial charge in [0.1, 0.15) is 66.4 Å². The molecule has 4 aromatic carbocycles. The minimum atomic E-state index is -2.24. The summed E-state index contributed by atoms with van der Waals surface area (Å²) in [6, 6.07) is 24.8. The Morgan fingerprint density at radius 3 is 1.71 bits per heavy atom. The maximum absolute atomic E-state index is 11.6. The van der Waals surface area contributed by atoms with E-state index in [0.29, 0.717) is 53.0 Å². The number of ether oxygens (including phenoxy) is 5. The molecule has 0 amide bonds. The van der Waals surface area contributed by atoms with Crippen LogP contribution in [0.2, 0.25) is 10.0 Å². The van der Waals surface area contributed by atoms with Crippen molar-refractivity contribution in [3.63, 3.8) is 0 Å². The lowest BCUT2D eigenvalue weighted by atomic mass is 9.86. The summed E-state index contributed by atoms with van der Waals surface area (Å²) in [6.45, 7) is 3.56. The van der Waals surface area contributed by atoms with E-state index in [9.17, 15) is 35.7 Å². The maximum Gasteiger partial charge on any atom is 0.225 e. The highest BCUT2D eigenvalue weighted by atomic mass is 35.5. The second kappa shape index (κ2) is 18.5. The minimum absolute atomic E-state index is 0.179. The van der Waals surface area contributed by atoms with Gasteiger partial charge in [-0.3, -0.25) is 0 Å². The molecule has 6 rings (SSSR count). The van der Waals surface area contributed by atoms with E-state index in [1.165, 1.54) is 6.07 Å². The fourth-order valence-electron chi connectivity index (χ4n) is 7.17. The van der Waals surface area contributed by atoms with E-state index in [0.717, 1.165) is 22.4 Å². The SMILES string of the molecule is CCOc1ccc(Cc2cc([C@@H]3OC(COC4(c5ccc(Cl)c(Cc6ccc(OCC)cc6)c5)O[C@H](CO)[C@@H](O)[C@H](O)[C@H]4O)[C@@H](O)[C@H](O)[C@H]3O)ccc2Cl)cc1. The van der Waals surface area contributed by atoms with E-state index in [4.69, 9.17) is 46.9 Å². The lowest BCUT2D eigenvalue weighted by Crippen LogP contribution is -2.65. The Morgan fingerprint density at radius 1 is 0.625 bits per heavy atom. The van der Waals surface area contributed by atoms with Crippen molar-refractivity contribution >= 4 is 23.2 Å². The van der Waals surface area contributed by atoms with Crippen LogP contribution < -0.4 is 9.47 Å². The van der Waals surface area contributed by atoms with Crippen LogP contribution >= 0.6 is 23.2 Å². The summed E-state index contributed by atoms with van der Waals surface area (Å²) in [5, 5.41) is 77.7. The van der Waals surface area contributed by atoms with E-state index < -0.39 is 73.9 Å². The second-order valence-electron chi connectivity index (χ2n) is 14.0. The van der Waals surface area contributed by atoms with Crippen molar-refractivity contribution in [2.45, 2.75) is 87.4 Å². The zero-order valence-electron chi connectivity index (χ0n) is 30.9. The molecule has 0 radical (unpaired) electrons. The van der Waals surface area contributed by atoms with Crippen LogP contribution in [0.4, 0.5) is 0 Å². The standard InChI is InChI=1S/C42H48Cl2O12/c1-3-52-29-11-5-23(6-12-29)17-26-19-25(9-15-31(26)43)40-38(49)37(48)36(47)34(55-40)22-54-42(41(51)39(50)35(46)33(21-45)56-42)28-10-16-32(44)27(20-28)18-24-7-13-30(14-8-24)53-4-2/h5-16,19-20,33-41,45-51H,3-4,17-18,21-22H2,1-2H3/t33-,34?,35-,36-,37+,38-,39+,40+,41-,42?/m1/s1. The van der Waals surface area contributed by atoms with Crippen LogP contribution in [0.15, 0.2) is 84.9 Å². The van der Waals surface area contributed by atoms with Gasteiger partial charge in [-0.25, -0.2) is 0 Å². The lowest BCUT2D eigenvalue weighted by molar-refractivity contribution is -0.381. The van der Waals surface area contributed by atoms with Gasteiger partial charge in [0.2, 0.25) is 5.79 Å². The van der Waals surface area contributed by atoms with E-state index in [1.807, 2.05) is 62.4 Å². The zero-order valence-corrected chi connectivity index (χ0v) is 32.5. The largest absolute Gasteiger partial charge is 0.494 e. The van der Waals surface area contributed by atoms with Crippen LogP contribution in [0.25, 0.3) is 0 Å². The average Bonchev–Trinajstić information content (AvgIpc) is 3.20. The molecule has 0 saturated carbocycles. The Morgan fingerprint density at radius 2 is 1.16 bits per heavy atom. The molecule has 4 aromatic rings. The molecule has 7 N–H and O–H groups in total. The molecule has 2 heterocycles. The van der Waals surface area contributed by atoms with Gasteiger partial charge in [-0.2, -0.15) is 0 Å². The van der Waals surface area contributed by atoms with Crippen LogP contribution in [0.1, 0.15) is 53.3 Å². The Balaban J connectivity index is 1.28. The van der Waals surface area contributed by atoms with Gasteiger partial charge in [-0.05, 0) is 97.0 Å². The fourth-order valence-corrected chi connectivity index (χ4v) is 7.54. The lowest BCUT2D eigenvalue weighted by Gasteiger charge is -2.49. The van der Waals surface area contributed by atoms with Crippen LogP contribution in [-0.4, -0.2) is 111 Å². The third-order valence-electron chi connectivity index (χ3n) is 10.2. The van der Waals surface area contributed by atoms with Crippen molar-refractivity contribution in [3.05, 3.63) is 128 Å². The predicted molar refractivity (Wildman–Crippen MR) is 207 cm³/mol. The normalized spacial score (nSPS) is 29.2. The summed E-state index contributed by atoms with van der Waals surface area (Å²) >= 11 is 13.2. The molecular weight excluding hydrogens is 767 g/mol. The number of aliphatic hydroxyl groups excluding tert-OH is 7. The number of hydrogen-bond acceptors (Lipinski definition) is 12. The molecular formula is C42H48Cl2O12. The predicted octanol–water partition coefficient (Wildman–Crippen LogP) is 3.84. The van der Waals surface area contributed by atoms with Gasteiger partial charge in [0.15, 0.2) is 0 Å². The van der Waals surface area contributed by atoms with Crippen molar-refractivity contribution in [2.75, 3.05) is 26.4 Å². The first-order chi connectivity index (χ1) is 26.9. The van der Waals surface area contributed by atoms with Crippen LogP contribution in [0.5, 0.6) is 11.5 Å². The summed E-state index contributed by atoms with van der Waals surface area (Å²) in [6.07, 6.45) is -13.4. The Bertz CT molecular complexity index is 1890. The molecule has 2 saturated heterocycles. The summed E-state index contributed by atoms with van der Waals surface area (Å²) < 4.78 is 29.8. The molecule has 302 valence electrons. The Kier molecular flexibility index (Phi) is 14.0. The van der Waals surface area contributed by atoms with Crippen molar-refractivity contribution in [1.29, 1.82) is 0 Å². The highest BCUT2D eigenvalue weighted by Crippen LogP contribution is 2.43. The summed E-state index contributed by atoms with van der Waals surface area (Å²) in [7, 11) is 0. The van der Waals surface area contributed by atoms with Gasteiger partial charge in [-0.15, -0.1) is 0 Å². The van der Waals surface area contributed by atoms with E-state index in [1.54, 1.807) is 30.3 Å². The third kappa shape index (κ3) is 9.02. The monoisotopic (exact) mass is 814 g/mol. The minimum Gasteiger partial charge on any atom is -0.494 e. The molecule has 14 heteroatoms. The Labute approximate surface area is 335 Å². The van der Waals surface area contributed by atoms with Crippen LogP contribution in [0.3, 0.4) is 0 Å². The van der Waals surface area contributed by atoms with Crippen LogP contribution in [0, 0.1) is 0 Å².